The van der Waals surface area contributed by atoms with Crippen LogP contribution in [0.25, 0.3) is 0 Å². The van der Waals surface area contributed by atoms with E-state index < -0.39 is 0 Å². The minimum atomic E-state index is -0.294. The highest BCUT2D eigenvalue weighted by atomic mass is 16.7. The topological polar surface area (TPSA) is 59.1 Å². The summed E-state index contributed by atoms with van der Waals surface area (Å²) in [5.74, 6) is 1.58. The number of nitrogens with zero attached hydrogens (tertiary/aromatic N) is 2. The van der Waals surface area contributed by atoms with Gasteiger partial charge in [0, 0.05) is 37.8 Å². The van der Waals surface area contributed by atoms with Crippen LogP contribution in [0.15, 0.2) is 18.2 Å². The fraction of sp³-hybridized carbons (Fsp3) is 0.579. The van der Waals surface area contributed by atoms with Gasteiger partial charge in [-0.25, -0.2) is 0 Å². The molecule has 6 nitrogen and oxygen atoms in total. The zero-order valence-electron chi connectivity index (χ0n) is 15.3. The number of carbonyl (C=O) groups excluding carboxylic acids is 2. The Kier molecular flexibility index (Phi) is 4.88. The molecule has 2 amide bonds. The molecule has 1 aromatic carbocycles. The third-order valence-electron chi connectivity index (χ3n) is 4.96. The molecule has 25 heavy (non-hydrogen) atoms. The van der Waals surface area contributed by atoms with Crippen molar-refractivity contribution in [3.8, 4) is 11.5 Å². The number of benzene rings is 1. The lowest BCUT2D eigenvalue weighted by atomic mass is 10.0. The highest BCUT2D eigenvalue weighted by molar-refractivity contribution is 6.00. The summed E-state index contributed by atoms with van der Waals surface area (Å²) < 4.78 is 10.7. The zero-order chi connectivity index (χ0) is 18.1. The van der Waals surface area contributed by atoms with Crippen LogP contribution in [-0.4, -0.2) is 43.1 Å². The number of hydrogen-bond donors (Lipinski definition) is 0. The highest BCUT2D eigenvalue weighted by Gasteiger charge is 2.37. The van der Waals surface area contributed by atoms with Gasteiger partial charge in [-0.3, -0.25) is 9.59 Å². The molecule has 0 aromatic heterocycles. The Morgan fingerprint density at radius 3 is 2.72 bits per heavy atom. The Balaban J connectivity index is 1.69. The molecule has 1 saturated heterocycles. The Labute approximate surface area is 148 Å². The van der Waals surface area contributed by atoms with Gasteiger partial charge >= 0.3 is 0 Å². The van der Waals surface area contributed by atoms with Crippen LogP contribution in [0, 0.1) is 11.8 Å². The quantitative estimate of drug-likeness (QED) is 0.822. The van der Waals surface area contributed by atoms with Crippen molar-refractivity contribution in [2.24, 2.45) is 11.8 Å². The van der Waals surface area contributed by atoms with E-state index in [4.69, 9.17) is 9.47 Å². The molecule has 0 saturated carbocycles. The number of amides is 2. The standard InChI is InChI=1S/C19H26N2O4/c1-12(2)7-13(3)20(4)19(23)14-8-18(22)21(10-14)15-5-6-16-17(9-15)25-11-24-16/h5-6,9,12-14H,7-8,10-11H2,1-4H3/t13-,14-/m1/s1. The van der Waals surface area contributed by atoms with Crippen molar-refractivity contribution >= 4 is 17.5 Å². The van der Waals surface area contributed by atoms with Crippen LogP contribution in [0.2, 0.25) is 0 Å². The average Bonchev–Trinajstić information content (AvgIpc) is 3.18. The van der Waals surface area contributed by atoms with Gasteiger partial charge in [0.05, 0.1) is 5.92 Å². The van der Waals surface area contributed by atoms with Gasteiger partial charge in [-0.2, -0.15) is 0 Å². The fourth-order valence-corrected chi connectivity index (χ4v) is 3.52. The maximum absolute atomic E-state index is 12.8. The number of rotatable bonds is 5. The van der Waals surface area contributed by atoms with Gasteiger partial charge in [0.1, 0.15) is 0 Å². The molecule has 3 rings (SSSR count). The Morgan fingerprint density at radius 1 is 1.28 bits per heavy atom. The summed E-state index contributed by atoms with van der Waals surface area (Å²) in [7, 11) is 1.84. The Bertz CT molecular complexity index is 673. The molecule has 1 aromatic rings. The van der Waals surface area contributed by atoms with Crippen molar-refractivity contribution in [1.29, 1.82) is 0 Å². The largest absolute Gasteiger partial charge is 0.454 e. The second-order valence-electron chi connectivity index (χ2n) is 7.37. The van der Waals surface area contributed by atoms with Gasteiger partial charge in [0.15, 0.2) is 11.5 Å². The number of fused-ring (bicyclic) bond motifs is 1. The van der Waals surface area contributed by atoms with Crippen molar-refractivity contribution in [1.82, 2.24) is 4.90 Å². The van der Waals surface area contributed by atoms with Gasteiger partial charge in [0.25, 0.3) is 0 Å². The first-order valence-corrected chi connectivity index (χ1v) is 8.83. The van der Waals surface area contributed by atoms with Crippen LogP contribution in [0.1, 0.15) is 33.6 Å². The third-order valence-corrected chi connectivity index (χ3v) is 4.96. The normalized spacial score (nSPS) is 20.3. The summed E-state index contributed by atoms with van der Waals surface area (Å²) in [5, 5.41) is 0. The molecule has 0 bridgehead atoms. The maximum Gasteiger partial charge on any atom is 0.231 e. The molecule has 2 aliphatic heterocycles. The number of anilines is 1. The SMILES string of the molecule is CC(C)C[C@@H](C)N(C)C(=O)[C@@H]1CC(=O)N(c2ccc3c(c2)OCO3)C1. The van der Waals surface area contributed by atoms with Crippen molar-refractivity contribution in [2.75, 3.05) is 25.3 Å². The van der Waals surface area contributed by atoms with Crippen LogP contribution in [-0.2, 0) is 9.59 Å². The van der Waals surface area contributed by atoms with Crippen molar-refractivity contribution < 1.29 is 19.1 Å². The van der Waals surface area contributed by atoms with Gasteiger partial charge < -0.3 is 19.3 Å². The third kappa shape index (κ3) is 3.57. The van der Waals surface area contributed by atoms with E-state index in [2.05, 4.69) is 20.8 Å². The molecule has 0 aliphatic carbocycles. The monoisotopic (exact) mass is 346 g/mol. The van der Waals surface area contributed by atoms with E-state index >= 15 is 0 Å². The lowest BCUT2D eigenvalue weighted by Gasteiger charge is -2.28. The van der Waals surface area contributed by atoms with Crippen molar-refractivity contribution in [3.63, 3.8) is 0 Å². The lowest BCUT2D eigenvalue weighted by molar-refractivity contribution is -0.136. The van der Waals surface area contributed by atoms with Crippen molar-refractivity contribution in [2.45, 2.75) is 39.7 Å². The maximum atomic E-state index is 12.8. The summed E-state index contributed by atoms with van der Waals surface area (Å²) in [6.07, 6.45) is 1.21. The second kappa shape index (κ2) is 6.94. The van der Waals surface area contributed by atoms with Gasteiger partial charge in [-0.15, -0.1) is 0 Å². The Hall–Kier alpha value is -2.24. The second-order valence-corrected chi connectivity index (χ2v) is 7.37. The molecular formula is C19H26N2O4. The molecule has 0 spiro atoms. The van der Waals surface area contributed by atoms with E-state index in [1.165, 1.54) is 0 Å². The van der Waals surface area contributed by atoms with E-state index in [0.717, 1.165) is 12.1 Å². The van der Waals surface area contributed by atoms with Crippen LogP contribution < -0.4 is 14.4 Å². The predicted molar refractivity (Wildman–Crippen MR) is 94.7 cm³/mol. The summed E-state index contributed by atoms with van der Waals surface area (Å²) in [6.45, 7) is 6.97. The van der Waals surface area contributed by atoms with Gasteiger partial charge in [-0.1, -0.05) is 13.8 Å². The molecule has 2 aliphatic rings. The molecule has 0 radical (unpaired) electrons. The first-order chi connectivity index (χ1) is 11.9. The van der Waals surface area contributed by atoms with Crippen molar-refractivity contribution in [3.05, 3.63) is 18.2 Å². The summed E-state index contributed by atoms with van der Waals surface area (Å²) in [4.78, 5) is 28.7. The minimum absolute atomic E-state index is 0.0258. The summed E-state index contributed by atoms with van der Waals surface area (Å²) >= 11 is 0. The summed E-state index contributed by atoms with van der Waals surface area (Å²) in [5.41, 5.74) is 0.752. The molecule has 6 heteroatoms. The Morgan fingerprint density at radius 2 is 2.00 bits per heavy atom. The smallest absolute Gasteiger partial charge is 0.231 e. The number of hydrogen-bond acceptors (Lipinski definition) is 4. The molecule has 2 atom stereocenters. The average molecular weight is 346 g/mol. The molecular weight excluding hydrogens is 320 g/mol. The van der Waals surface area contributed by atoms with E-state index in [9.17, 15) is 9.59 Å². The zero-order valence-corrected chi connectivity index (χ0v) is 15.3. The molecule has 1 fully saturated rings. The number of ether oxygens (including phenoxy) is 2. The van der Waals surface area contributed by atoms with E-state index in [0.29, 0.717) is 24.0 Å². The minimum Gasteiger partial charge on any atom is -0.454 e. The molecule has 0 N–H and O–H groups in total. The first kappa shape index (κ1) is 17.6. The van der Waals surface area contributed by atoms with E-state index in [1.807, 2.05) is 13.1 Å². The molecule has 136 valence electrons. The lowest BCUT2D eigenvalue weighted by Crippen LogP contribution is -2.40. The van der Waals surface area contributed by atoms with Gasteiger partial charge in [0.2, 0.25) is 18.6 Å². The highest BCUT2D eigenvalue weighted by Crippen LogP contribution is 2.37. The molecule has 0 unspecified atom stereocenters. The molecule has 2 heterocycles. The van der Waals surface area contributed by atoms with Gasteiger partial charge in [-0.05, 0) is 31.4 Å². The van der Waals surface area contributed by atoms with E-state index in [1.54, 1.807) is 21.9 Å². The summed E-state index contributed by atoms with van der Waals surface area (Å²) in [6, 6.07) is 5.61. The number of carbonyl (C=O) groups is 2. The fourth-order valence-electron chi connectivity index (χ4n) is 3.52. The van der Waals surface area contributed by atoms with E-state index in [-0.39, 0.29) is 37.0 Å². The van der Waals surface area contributed by atoms with Crippen LogP contribution >= 0.6 is 0 Å². The van der Waals surface area contributed by atoms with Crippen LogP contribution in [0.3, 0.4) is 0 Å². The predicted octanol–water partition coefficient (Wildman–Crippen LogP) is 2.66. The van der Waals surface area contributed by atoms with Crippen LogP contribution in [0.4, 0.5) is 5.69 Å². The van der Waals surface area contributed by atoms with Crippen LogP contribution in [0.5, 0.6) is 11.5 Å². The first-order valence-electron chi connectivity index (χ1n) is 8.83.